The third kappa shape index (κ3) is 40.3. The first kappa shape index (κ1) is 52.7. The van der Waals surface area contributed by atoms with E-state index in [1.165, 1.54) is 0 Å². The van der Waals surface area contributed by atoms with Gasteiger partial charge in [-0.05, 0) is 89.9 Å². The highest BCUT2D eigenvalue weighted by Gasteiger charge is 2.21. The van der Waals surface area contributed by atoms with Crippen LogP contribution in [0.5, 0.6) is 0 Å². The highest BCUT2D eigenvalue weighted by atomic mass is 31.2. The molecule has 9 nitrogen and oxygen atoms in total. The average Bonchev–Trinajstić information content (AvgIpc) is 3.15. The minimum absolute atomic E-state index is 0.0551. The first-order chi connectivity index (χ1) is 27.0. The van der Waals surface area contributed by atoms with Crippen molar-refractivity contribution < 1.29 is 42.1 Å². The molecule has 2 atom stereocenters. The van der Waals surface area contributed by atoms with Crippen LogP contribution in [-0.2, 0) is 32.7 Å². The molecule has 316 valence electrons. The summed E-state index contributed by atoms with van der Waals surface area (Å²) in [5, 5.41) is 0. The van der Waals surface area contributed by atoms with E-state index < -0.39 is 32.5 Å². The van der Waals surface area contributed by atoms with Crippen molar-refractivity contribution in [1.82, 2.24) is 0 Å². The van der Waals surface area contributed by atoms with Crippen molar-refractivity contribution >= 4 is 19.8 Å². The number of quaternary nitrogens is 1. The Hall–Kier alpha value is -3.33. The molecule has 2 unspecified atom stereocenters. The summed E-state index contributed by atoms with van der Waals surface area (Å²) < 4.78 is 33.7. The van der Waals surface area contributed by atoms with Crippen LogP contribution in [0.3, 0.4) is 0 Å². The minimum atomic E-state index is -4.66. The van der Waals surface area contributed by atoms with Crippen LogP contribution in [0.4, 0.5) is 0 Å². The summed E-state index contributed by atoms with van der Waals surface area (Å²) in [6.07, 6.45) is 49.9. The maximum atomic E-state index is 12.6. The molecule has 0 aliphatic rings. The lowest BCUT2D eigenvalue weighted by molar-refractivity contribution is -0.870. The molecule has 0 saturated carbocycles. The van der Waals surface area contributed by atoms with Gasteiger partial charge < -0.3 is 27.9 Å². The van der Waals surface area contributed by atoms with Gasteiger partial charge in [0.15, 0.2) is 6.10 Å². The van der Waals surface area contributed by atoms with E-state index in [1.807, 2.05) is 27.2 Å². The van der Waals surface area contributed by atoms with E-state index in [1.54, 1.807) is 0 Å². The molecule has 0 radical (unpaired) electrons. The van der Waals surface area contributed by atoms with Gasteiger partial charge in [-0.1, -0.05) is 123 Å². The molecule has 0 aromatic heterocycles. The third-order valence-electron chi connectivity index (χ3n) is 7.79. The molecule has 0 rings (SSSR count). The molecule has 0 fully saturated rings. The number of allylic oxidation sites excluding steroid dienone is 18. The van der Waals surface area contributed by atoms with Gasteiger partial charge in [-0.25, -0.2) is 0 Å². The predicted octanol–water partition coefficient (Wildman–Crippen LogP) is 10.9. The van der Waals surface area contributed by atoms with E-state index in [0.717, 1.165) is 70.6 Å². The van der Waals surface area contributed by atoms with Crippen molar-refractivity contribution in [2.75, 3.05) is 47.5 Å². The van der Waals surface area contributed by atoms with E-state index in [0.29, 0.717) is 30.3 Å². The molecular formula is C46H74NO8P. The van der Waals surface area contributed by atoms with Crippen molar-refractivity contribution in [3.05, 3.63) is 109 Å². The zero-order valence-corrected chi connectivity index (χ0v) is 36.2. The fraction of sp³-hybridized carbons (Fsp3) is 0.565. The lowest BCUT2D eigenvalue weighted by Gasteiger charge is -2.28. The van der Waals surface area contributed by atoms with Gasteiger partial charge in [0.1, 0.15) is 19.8 Å². The van der Waals surface area contributed by atoms with Crippen LogP contribution < -0.4 is 4.89 Å². The highest BCUT2D eigenvalue weighted by Crippen LogP contribution is 2.38. The molecule has 0 aliphatic carbocycles. The minimum Gasteiger partial charge on any atom is -0.756 e. The van der Waals surface area contributed by atoms with Crippen molar-refractivity contribution in [1.29, 1.82) is 0 Å². The second-order valence-corrected chi connectivity index (χ2v) is 15.6. The number of ether oxygens (including phenoxy) is 2. The number of hydrogen-bond acceptors (Lipinski definition) is 8. The first-order valence-electron chi connectivity index (χ1n) is 20.6. The Morgan fingerprint density at radius 1 is 0.554 bits per heavy atom. The van der Waals surface area contributed by atoms with Crippen LogP contribution in [-0.4, -0.2) is 70.0 Å². The number of carbonyl (C=O) groups excluding carboxylic acids is 2. The van der Waals surface area contributed by atoms with E-state index >= 15 is 0 Å². The van der Waals surface area contributed by atoms with Gasteiger partial charge in [0.05, 0.1) is 27.7 Å². The van der Waals surface area contributed by atoms with Crippen LogP contribution >= 0.6 is 7.82 Å². The summed E-state index contributed by atoms with van der Waals surface area (Å²) in [6, 6.07) is 0. The van der Waals surface area contributed by atoms with Gasteiger partial charge in [0.2, 0.25) is 0 Å². The summed E-state index contributed by atoms with van der Waals surface area (Å²) >= 11 is 0. The number of likely N-dealkylation sites (N-methyl/N-ethyl adjacent to an activating group) is 1. The molecule has 0 spiro atoms. The molecule has 0 aromatic rings. The van der Waals surface area contributed by atoms with Crippen molar-refractivity contribution in [3.63, 3.8) is 0 Å². The number of phosphoric ester groups is 1. The zero-order valence-electron chi connectivity index (χ0n) is 35.3. The monoisotopic (exact) mass is 800 g/mol. The van der Waals surface area contributed by atoms with E-state index in [9.17, 15) is 19.0 Å². The van der Waals surface area contributed by atoms with Crippen LogP contribution in [0.2, 0.25) is 0 Å². The maximum absolute atomic E-state index is 12.6. The van der Waals surface area contributed by atoms with Gasteiger partial charge in [0.25, 0.3) is 7.82 Å². The number of rotatable bonds is 35. The van der Waals surface area contributed by atoms with Gasteiger partial charge in [-0.3, -0.25) is 14.2 Å². The Labute approximate surface area is 340 Å². The Morgan fingerprint density at radius 2 is 0.964 bits per heavy atom. The average molecular weight is 800 g/mol. The lowest BCUT2D eigenvalue weighted by atomic mass is 10.2. The maximum Gasteiger partial charge on any atom is 0.306 e. The van der Waals surface area contributed by atoms with Crippen molar-refractivity contribution in [3.8, 4) is 0 Å². The molecule has 10 heteroatoms. The number of unbranched alkanes of at least 4 members (excludes halogenated alkanes) is 3. The van der Waals surface area contributed by atoms with E-state index in [4.69, 9.17) is 18.5 Å². The van der Waals surface area contributed by atoms with Crippen LogP contribution in [0.25, 0.3) is 0 Å². The second kappa shape index (κ2) is 37.3. The quantitative estimate of drug-likeness (QED) is 0.0205. The zero-order chi connectivity index (χ0) is 41.4. The number of nitrogens with zero attached hydrogens (tertiary/aromatic N) is 1. The van der Waals surface area contributed by atoms with Crippen LogP contribution in [0.1, 0.15) is 117 Å². The number of hydrogen-bond donors (Lipinski definition) is 0. The van der Waals surface area contributed by atoms with E-state index in [-0.39, 0.29) is 26.1 Å². The van der Waals surface area contributed by atoms with Gasteiger partial charge in [-0.2, -0.15) is 0 Å². The topological polar surface area (TPSA) is 111 Å². The van der Waals surface area contributed by atoms with Gasteiger partial charge in [0, 0.05) is 12.8 Å². The Kier molecular flexibility index (Phi) is 35.0. The molecule has 0 saturated heterocycles. The first-order valence-corrected chi connectivity index (χ1v) is 22.1. The lowest BCUT2D eigenvalue weighted by Crippen LogP contribution is -2.37. The Morgan fingerprint density at radius 3 is 1.41 bits per heavy atom. The number of phosphoric acid groups is 1. The van der Waals surface area contributed by atoms with Gasteiger partial charge >= 0.3 is 11.9 Å². The highest BCUT2D eigenvalue weighted by molar-refractivity contribution is 7.45. The normalized spacial score (nSPS) is 14.8. The molecule has 0 aliphatic heterocycles. The van der Waals surface area contributed by atoms with Gasteiger partial charge in [-0.15, -0.1) is 0 Å². The summed E-state index contributed by atoms with van der Waals surface area (Å²) in [7, 11) is 1.08. The molecule has 56 heavy (non-hydrogen) atoms. The summed E-state index contributed by atoms with van der Waals surface area (Å²) in [4.78, 5) is 37.4. The molecule has 0 heterocycles. The molecule has 0 bridgehead atoms. The van der Waals surface area contributed by atoms with Crippen molar-refractivity contribution in [2.24, 2.45) is 0 Å². The Balaban J connectivity index is 4.60. The largest absolute Gasteiger partial charge is 0.756 e. The van der Waals surface area contributed by atoms with Crippen LogP contribution in [0.15, 0.2) is 109 Å². The molecule has 0 amide bonds. The summed E-state index contributed by atoms with van der Waals surface area (Å²) in [6.45, 7) is 3.84. The fourth-order valence-electron chi connectivity index (χ4n) is 4.62. The van der Waals surface area contributed by atoms with E-state index in [2.05, 4.69) is 117 Å². The predicted molar refractivity (Wildman–Crippen MR) is 231 cm³/mol. The smallest absolute Gasteiger partial charge is 0.306 e. The summed E-state index contributed by atoms with van der Waals surface area (Å²) in [5.41, 5.74) is 0. The second-order valence-electron chi connectivity index (χ2n) is 14.2. The molecular weight excluding hydrogens is 725 g/mol. The standard InChI is InChI=1S/C46H74NO8P/c1-6-8-10-12-14-16-18-20-22-23-25-27-29-31-33-35-37-39-46(49)55-44(43-54-56(50,51)53-41-40-47(3,4)5)42-52-45(48)38-36-34-32-30-28-26-24-21-19-17-15-13-11-9-7-2/h8-11,14-17,20-22,24-25,27-28,30-31,33,44H,6-7,12-13,18-19,23,26,29,32,34-43H2,1-5H3/b10-8-,11-9-,16-14-,17-15-,22-20-,24-21-,27-25-,30-28-,33-31-. The van der Waals surface area contributed by atoms with Crippen LogP contribution in [0, 0.1) is 0 Å². The fourth-order valence-corrected chi connectivity index (χ4v) is 5.35. The Bertz CT molecular complexity index is 1320. The van der Waals surface area contributed by atoms with Crippen molar-refractivity contribution in [2.45, 2.75) is 123 Å². The SMILES string of the molecule is CC/C=C\C/C=C\C/C=C\C/C=C\C/C=C\CCCC(=O)OC(COC(=O)CCCC/C=C\C/C=C\C/C=C\C/C=C\CC)COP(=O)([O-])OCC[N+](C)(C)C. The summed E-state index contributed by atoms with van der Waals surface area (Å²) in [5.74, 6) is -0.967. The number of carbonyl (C=O) groups is 2. The third-order valence-corrected chi connectivity index (χ3v) is 8.75. The number of esters is 2. The molecule has 0 N–H and O–H groups in total. The molecule has 0 aromatic carbocycles.